The Hall–Kier alpha value is -1.31. The Morgan fingerprint density at radius 1 is 1.36 bits per heavy atom. The highest BCUT2D eigenvalue weighted by Crippen LogP contribution is 2.32. The van der Waals surface area contributed by atoms with E-state index in [4.69, 9.17) is 5.41 Å². The average molecular weight is 188 g/mol. The van der Waals surface area contributed by atoms with Crippen LogP contribution in [-0.2, 0) is 0 Å². The number of hydrogen-bond acceptors (Lipinski definition) is 1. The quantitative estimate of drug-likeness (QED) is 0.573. The predicted octanol–water partition coefficient (Wildman–Crippen LogP) is 2.90. The Labute approximate surface area is 85.1 Å². The van der Waals surface area contributed by atoms with Gasteiger partial charge in [0.25, 0.3) is 0 Å². The molecule has 2 heteroatoms. The van der Waals surface area contributed by atoms with Crippen molar-refractivity contribution in [3.05, 3.63) is 30.3 Å². The van der Waals surface area contributed by atoms with Gasteiger partial charge in [0.1, 0.15) is 5.84 Å². The molecule has 1 aliphatic carbocycles. The second kappa shape index (κ2) is 3.82. The van der Waals surface area contributed by atoms with Crippen molar-refractivity contribution in [3.63, 3.8) is 0 Å². The van der Waals surface area contributed by atoms with Crippen molar-refractivity contribution in [2.75, 3.05) is 11.4 Å². The van der Waals surface area contributed by atoms with E-state index in [0.717, 1.165) is 18.1 Å². The number of anilines is 1. The summed E-state index contributed by atoms with van der Waals surface area (Å²) in [6, 6.07) is 10.2. The number of nitrogens with zero attached hydrogens (tertiary/aromatic N) is 1. The van der Waals surface area contributed by atoms with Crippen LogP contribution in [0.1, 0.15) is 19.8 Å². The first-order valence-corrected chi connectivity index (χ1v) is 5.24. The summed E-state index contributed by atoms with van der Waals surface area (Å²) in [5, 5.41) is 8.03. The van der Waals surface area contributed by atoms with Crippen molar-refractivity contribution in [1.82, 2.24) is 0 Å². The summed E-state index contributed by atoms with van der Waals surface area (Å²) in [5.74, 6) is 1.31. The molecule has 0 saturated heterocycles. The first kappa shape index (κ1) is 9.25. The smallest absolute Gasteiger partial charge is 0.103 e. The maximum absolute atomic E-state index is 8.03. The number of nitrogens with one attached hydrogen (secondary N) is 1. The van der Waals surface area contributed by atoms with Crippen LogP contribution in [0.3, 0.4) is 0 Å². The van der Waals surface area contributed by atoms with Gasteiger partial charge in [-0.05, 0) is 31.9 Å². The molecule has 0 radical (unpaired) electrons. The molecule has 0 unspecified atom stereocenters. The van der Waals surface area contributed by atoms with Gasteiger partial charge >= 0.3 is 0 Å². The lowest BCUT2D eigenvalue weighted by atomic mass is 10.2. The van der Waals surface area contributed by atoms with Crippen LogP contribution in [0.25, 0.3) is 0 Å². The van der Waals surface area contributed by atoms with Gasteiger partial charge in [-0.15, -0.1) is 0 Å². The normalized spacial score (nSPS) is 15.2. The van der Waals surface area contributed by atoms with E-state index in [1.807, 2.05) is 18.2 Å². The number of amidine groups is 1. The third-order valence-electron chi connectivity index (χ3n) is 2.64. The minimum absolute atomic E-state index is 0.523. The summed E-state index contributed by atoms with van der Waals surface area (Å²) in [4.78, 5) is 2.09. The fourth-order valence-corrected chi connectivity index (χ4v) is 1.68. The molecule has 1 saturated carbocycles. The Bertz CT molecular complexity index is 314. The zero-order valence-electron chi connectivity index (χ0n) is 8.53. The number of benzene rings is 1. The Kier molecular flexibility index (Phi) is 2.53. The second-order valence-corrected chi connectivity index (χ2v) is 3.74. The third kappa shape index (κ3) is 1.79. The molecule has 1 aliphatic rings. The fraction of sp³-hybridized carbons (Fsp3) is 0.417. The molecule has 0 amide bonds. The molecular weight excluding hydrogens is 172 g/mol. The lowest BCUT2D eigenvalue weighted by molar-refractivity contribution is 0.980. The molecule has 0 aliphatic heterocycles. The standard InChI is InChI=1S/C12H16N2/c1-2-14(12(13)10-8-9-10)11-6-4-3-5-7-11/h3-7,10,13H,2,8-9H2,1H3. The van der Waals surface area contributed by atoms with Crippen LogP contribution < -0.4 is 4.90 Å². The van der Waals surface area contributed by atoms with Crippen molar-refractivity contribution < 1.29 is 0 Å². The molecule has 2 nitrogen and oxygen atoms in total. The summed E-state index contributed by atoms with van der Waals surface area (Å²) in [6.07, 6.45) is 2.39. The highest BCUT2D eigenvalue weighted by atomic mass is 15.2. The largest absolute Gasteiger partial charge is 0.330 e. The van der Waals surface area contributed by atoms with Gasteiger partial charge in [-0.2, -0.15) is 0 Å². The second-order valence-electron chi connectivity index (χ2n) is 3.74. The predicted molar refractivity (Wildman–Crippen MR) is 59.9 cm³/mol. The van der Waals surface area contributed by atoms with Crippen LogP contribution in [0, 0.1) is 11.3 Å². The Morgan fingerprint density at radius 2 is 2.00 bits per heavy atom. The van der Waals surface area contributed by atoms with Gasteiger partial charge in [-0.1, -0.05) is 18.2 Å². The maximum atomic E-state index is 8.03. The van der Waals surface area contributed by atoms with Crippen molar-refractivity contribution in [2.45, 2.75) is 19.8 Å². The number of para-hydroxylation sites is 1. The lowest BCUT2D eigenvalue weighted by Crippen LogP contribution is -2.31. The molecule has 0 spiro atoms. The molecule has 1 N–H and O–H groups in total. The highest BCUT2D eigenvalue weighted by Gasteiger charge is 2.29. The summed E-state index contributed by atoms with van der Waals surface area (Å²) in [5.41, 5.74) is 1.15. The molecule has 1 aromatic carbocycles. The van der Waals surface area contributed by atoms with Crippen molar-refractivity contribution >= 4 is 11.5 Å². The zero-order valence-corrected chi connectivity index (χ0v) is 8.53. The van der Waals surface area contributed by atoms with Crippen LogP contribution in [0.4, 0.5) is 5.69 Å². The first-order chi connectivity index (χ1) is 6.83. The monoisotopic (exact) mass is 188 g/mol. The van der Waals surface area contributed by atoms with Gasteiger partial charge in [-0.3, -0.25) is 5.41 Å². The van der Waals surface area contributed by atoms with Gasteiger partial charge < -0.3 is 4.90 Å². The van der Waals surface area contributed by atoms with Gasteiger partial charge in [-0.25, -0.2) is 0 Å². The third-order valence-corrected chi connectivity index (χ3v) is 2.64. The molecule has 14 heavy (non-hydrogen) atoms. The van der Waals surface area contributed by atoms with E-state index in [2.05, 4.69) is 24.0 Å². The molecule has 74 valence electrons. The zero-order chi connectivity index (χ0) is 9.97. The molecule has 0 bridgehead atoms. The van der Waals surface area contributed by atoms with E-state index < -0.39 is 0 Å². The van der Waals surface area contributed by atoms with E-state index in [-0.39, 0.29) is 0 Å². The van der Waals surface area contributed by atoms with Crippen molar-refractivity contribution in [1.29, 1.82) is 5.41 Å². The van der Waals surface area contributed by atoms with E-state index in [0.29, 0.717) is 5.92 Å². The van der Waals surface area contributed by atoms with Gasteiger partial charge in [0.15, 0.2) is 0 Å². The molecule has 0 heterocycles. The lowest BCUT2D eigenvalue weighted by Gasteiger charge is -2.23. The minimum atomic E-state index is 0.523. The minimum Gasteiger partial charge on any atom is -0.330 e. The van der Waals surface area contributed by atoms with Gasteiger partial charge in [0, 0.05) is 18.2 Å². The van der Waals surface area contributed by atoms with Gasteiger partial charge in [0.05, 0.1) is 0 Å². The Balaban J connectivity index is 2.16. The van der Waals surface area contributed by atoms with Crippen molar-refractivity contribution in [3.8, 4) is 0 Å². The van der Waals surface area contributed by atoms with E-state index in [1.165, 1.54) is 12.8 Å². The fourth-order valence-electron chi connectivity index (χ4n) is 1.68. The molecule has 0 aromatic heterocycles. The van der Waals surface area contributed by atoms with Crippen LogP contribution in [0.15, 0.2) is 30.3 Å². The summed E-state index contributed by atoms with van der Waals surface area (Å²) < 4.78 is 0. The van der Waals surface area contributed by atoms with Crippen LogP contribution in [0.2, 0.25) is 0 Å². The van der Waals surface area contributed by atoms with Crippen LogP contribution in [0.5, 0.6) is 0 Å². The SMILES string of the molecule is CCN(C(=N)C1CC1)c1ccccc1. The van der Waals surface area contributed by atoms with Gasteiger partial charge in [0.2, 0.25) is 0 Å². The first-order valence-electron chi connectivity index (χ1n) is 5.24. The summed E-state index contributed by atoms with van der Waals surface area (Å²) in [7, 11) is 0. The topological polar surface area (TPSA) is 27.1 Å². The van der Waals surface area contributed by atoms with E-state index >= 15 is 0 Å². The number of rotatable bonds is 3. The summed E-state index contributed by atoms with van der Waals surface area (Å²) in [6.45, 7) is 2.99. The molecule has 1 fully saturated rings. The average Bonchev–Trinajstić information content (AvgIpc) is 3.03. The van der Waals surface area contributed by atoms with Crippen LogP contribution in [-0.4, -0.2) is 12.4 Å². The molecule has 2 rings (SSSR count). The maximum Gasteiger partial charge on any atom is 0.103 e. The van der Waals surface area contributed by atoms with E-state index in [1.54, 1.807) is 0 Å². The van der Waals surface area contributed by atoms with Crippen LogP contribution >= 0.6 is 0 Å². The Morgan fingerprint density at radius 3 is 2.50 bits per heavy atom. The van der Waals surface area contributed by atoms with Crippen molar-refractivity contribution in [2.24, 2.45) is 5.92 Å². The summed E-state index contributed by atoms with van der Waals surface area (Å²) >= 11 is 0. The number of hydrogen-bond donors (Lipinski definition) is 1. The molecular formula is C12H16N2. The molecule has 0 atom stereocenters. The highest BCUT2D eigenvalue weighted by molar-refractivity contribution is 5.98. The van der Waals surface area contributed by atoms with E-state index in [9.17, 15) is 0 Å². The molecule has 1 aromatic rings.